The van der Waals surface area contributed by atoms with E-state index in [1.807, 2.05) is 18.4 Å². The number of nitrogens with zero attached hydrogens (tertiary/aromatic N) is 4. The Balaban J connectivity index is 1.28. The summed E-state index contributed by atoms with van der Waals surface area (Å²) in [6.07, 6.45) is 8.78. The summed E-state index contributed by atoms with van der Waals surface area (Å²) >= 11 is 0. The number of amides is 2. The maximum Gasteiger partial charge on any atom is 0.242 e. The van der Waals surface area contributed by atoms with Gasteiger partial charge < -0.3 is 19.6 Å². The van der Waals surface area contributed by atoms with Crippen molar-refractivity contribution in [3.05, 3.63) is 42.1 Å². The van der Waals surface area contributed by atoms with Crippen LogP contribution in [0.1, 0.15) is 67.0 Å². The van der Waals surface area contributed by atoms with Crippen molar-refractivity contribution >= 4 is 28.6 Å². The van der Waals surface area contributed by atoms with E-state index in [-0.39, 0.29) is 43.0 Å². The van der Waals surface area contributed by atoms with Crippen LogP contribution in [0.3, 0.4) is 0 Å². The van der Waals surface area contributed by atoms with Crippen LogP contribution < -0.4 is 10.6 Å². The number of carbonyl (C=O) groups excluding carboxylic acids is 3. The fraction of sp³-hybridized carbons (Fsp3) is 0.478. The molecule has 2 atom stereocenters. The van der Waals surface area contributed by atoms with Crippen LogP contribution in [0, 0.1) is 5.92 Å². The first-order valence-electron chi connectivity index (χ1n) is 11.3. The Bertz CT molecular complexity index is 1220. The molecule has 0 spiro atoms. The summed E-state index contributed by atoms with van der Waals surface area (Å²) in [7, 11) is 0. The number of ketones is 1. The lowest BCUT2D eigenvalue weighted by Crippen LogP contribution is -2.54. The van der Waals surface area contributed by atoms with Gasteiger partial charge in [-0.3, -0.25) is 14.4 Å². The monoisotopic (exact) mass is 450 g/mol. The SMILES string of the molecule is CC(C)n1cc(C(=O)C2CNC(=O)C(NC(=O)Cc3coc(C4CC4)n3)C2)c2cncnc21. The Morgan fingerprint density at radius 2 is 2.15 bits per heavy atom. The minimum absolute atomic E-state index is 0.0256. The molecule has 2 N–H and O–H groups in total. The smallest absolute Gasteiger partial charge is 0.242 e. The van der Waals surface area contributed by atoms with E-state index in [2.05, 4.69) is 25.6 Å². The highest BCUT2D eigenvalue weighted by molar-refractivity contribution is 6.09. The van der Waals surface area contributed by atoms with E-state index in [1.165, 1.54) is 12.6 Å². The molecule has 5 rings (SSSR count). The van der Waals surface area contributed by atoms with Crippen molar-refractivity contribution in [3.8, 4) is 0 Å². The van der Waals surface area contributed by atoms with Crippen molar-refractivity contribution in [1.29, 1.82) is 0 Å². The Labute approximate surface area is 190 Å². The number of nitrogens with one attached hydrogen (secondary N) is 2. The quantitative estimate of drug-likeness (QED) is 0.526. The minimum Gasteiger partial charge on any atom is -0.448 e. The van der Waals surface area contributed by atoms with E-state index >= 15 is 0 Å². The van der Waals surface area contributed by atoms with Gasteiger partial charge in [0.05, 0.1) is 12.1 Å². The number of hydrogen-bond acceptors (Lipinski definition) is 7. The third-order valence-electron chi connectivity index (χ3n) is 6.22. The first-order valence-corrected chi connectivity index (χ1v) is 11.3. The molecular weight excluding hydrogens is 424 g/mol. The van der Waals surface area contributed by atoms with Gasteiger partial charge in [-0.15, -0.1) is 0 Å². The highest BCUT2D eigenvalue weighted by Gasteiger charge is 2.35. The molecule has 2 aliphatic rings. The van der Waals surface area contributed by atoms with Gasteiger partial charge in [0.2, 0.25) is 11.8 Å². The zero-order chi connectivity index (χ0) is 23.1. The van der Waals surface area contributed by atoms with E-state index in [4.69, 9.17) is 4.42 Å². The number of oxazole rings is 1. The molecule has 0 radical (unpaired) electrons. The van der Waals surface area contributed by atoms with E-state index < -0.39 is 12.0 Å². The summed E-state index contributed by atoms with van der Waals surface area (Å²) in [6.45, 7) is 4.26. The summed E-state index contributed by atoms with van der Waals surface area (Å²) < 4.78 is 7.37. The second-order valence-corrected chi connectivity index (χ2v) is 9.09. The molecule has 1 aliphatic carbocycles. The lowest BCUT2D eigenvalue weighted by atomic mass is 9.88. The lowest BCUT2D eigenvalue weighted by Gasteiger charge is -2.28. The third-order valence-corrected chi connectivity index (χ3v) is 6.22. The van der Waals surface area contributed by atoms with Crippen LogP contribution in [0.5, 0.6) is 0 Å². The van der Waals surface area contributed by atoms with Crippen LogP contribution in [0.15, 0.2) is 29.4 Å². The minimum atomic E-state index is -0.787. The predicted octanol–water partition coefficient (Wildman–Crippen LogP) is 1.92. The number of aromatic nitrogens is 4. The molecule has 3 aromatic rings. The maximum atomic E-state index is 13.4. The molecule has 1 aliphatic heterocycles. The van der Waals surface area contributed by atoms with Gasteiger partial charge in [0, 0.05) is 47.8 Å². The first kappa shape index (κ1) is 21.3. The Kier molecular flexibility index (Phi) is 5.43. The fourth-order valence-electron chi connectivity index (χ4n) is 4.28. The molecule has 1 saturated heterocycles. The van der Waals surface area contributed by atoms with Crippen LogP contribution in [-0.4, -0.2) is 49.7 Å². The molecular formula is C23H26N6O4. The summed E-state index contributed by atoms with van der Waals surface area (Å²) in [4.78, 5) is 51.1. The third kappa shape index (κ3) is 4.24. The molecule has 10 heteroatoms. The average Bonchev–Trinajstić information content (AvgIpc) is 3.42. The van der Waals surface area contributed by atoms with E-state index in [0.29, 0.717) is 34.1 Å². The predicted molar refractivity (Wildman–Crippen MR) is 117 cm³/mol. The van der Waals surface area contributed by atoms with Crippen molar-refractivity contribution < 1.29 is 18.8 Å². The Morgan fingerprint density at radius 1 is 1.33 bits per heavy atom. The van der Waals surface area contributed by atoms with Gasteiger partial charge in [-0.25, -0.2) is 15.0 Å². The van der Waals surface area contributed by atoms with Gasteiger partial charge in [-0.05, 0) is 33.1 Å². The second kappa shape index (κ2) is 8.42. The summed E-state index contributed by atoms with van der Waals surface area (Å²) in [6, 6.07) is -0.663. The molecule has 2 fully saturated rings. The van der Waals surface area contributed by atoms with Gasteiger partial charge in [-0.2, -0.15) is 0 Å². The van der Waals surface area contributed by atoms with E-state index in [0.717, 1.165) is 12.8 Å². The van der Waals surface area contributed by atoms with Crippen LogP contribution in [0.4, 0.5) is 0 Å². The van der Waals surface area contributed by atoms with Gasteiger partial charge in [0.15, 0.2) is 11.7 Å². The highest BCUT2D eigenvalue weighted by atomic mass is 16.3. The number of fused-ring (bicyclic) bond motifs is 1. The summed E-state index contributed by atoms with van der Waals surface area (Å²) in [5.74, 6) is -0.150. The van der Waals surface area contributed by atoms with Crippen molar-refractivity contribution in [2.75, 3.05) is 6.54 Å². The average molecular weight is 450 g/mol. The number of carbonyl (C=O) groups is 3. The topological polar surface area (TPSA) is 132 Å². The van der Waals surface area contributed by atoms with E-state index in [1.54, 1.807) is 12.4 Å². The summed E-state index contributed by atoms with van der Waals surface area (Å²) in [5.41, 5.74) is 1.77. The maximum absolute atomic E-state index is 13.4. The Hall–Kier alpha value is -3.56. The fourth-order valence-corrected chi connectivity index (χ4v) is 4.28. The van der Waals surface area contributed by atoms with Gasteiger partial charge >= 0.3 is 0 Å². The van der Waals surface area contributed by atoms with Gasteiger partial charge in [0.1, 0.15) is 24.3 Å². The van der Waals surface area contributed by atoms with Crippen molar-refractivity contribution in [2.45, 2.75) is 57.5 Å². The van der Waals surface area contributed by atoms with Crippen molar-refractivity contribution in [1.82, 2.24) is 30.2 Å². The standard InChI is InChI=1S/C23H26N6O4/c1-12(2)29-9-17(16-8-24-11-26-21(16)29)20(31)14-5-18(22(32)25-7-14)28-19(30)6-15-10-33-23(27-15)13-3-4-13/h8-14,18H,3-7H2,1-2H3,(H,25,32)(H,28,30). The Morgan fingerprint density at radius 3 is 2.91 bits per heavy atom. The number of hydrogen-bond donors (Lipinski definition) is 2. The molecule has 0 bridgehead atoms. The van der Waals surface area contributed by atoms with Gasteiger partial charge in [-0.1, -0.05) is 0 Å². The molecule has 0 aromatic carbocycles. The van der Waals surface area contributed by atoms with Crippen LogP contribution >= 0.6 is 0 Å². The highest BCUT2D eigenvalue weighted by Crippen LogP contribution is 2.39. The normalized spacial score (nSPS) is 20.8. The molecule has 10 nitrogen and oxygen atoms in total. The molecule has 4 heterocycles. The van der Waals surface area contributed by atoms with Crippen LogP contribution in [0.25, 0.3) is 11.0 Å². The largest absolute Gasteiger partial charge is 0.448 e. The zero-order valence-electron chi connectivity index (χ0n) is 18.6. The van der Waals surface area contributed by atoms with E-state index in [9.17, 15) is 14.4 Å². The zero-order valence-corrected chi connectivity index (χ0v) is 18.6. The number of Topliss-reactive ketones (excluding diaryl/α,β-unsaturated/α-hetero) is 1. The molecule has 33 heavy (non-hydrogen) atoms. The molecule has 2 amide bonds. The molecule has 172 valence electrons. The first-order chi connectivity index (χ1) is 15.9. The van der Waals surface area contributed by atoms with Crippen LogP contribution in [-0.2, 0) is 16.0 Å². The molecule has 1 saturated carbocycles. The molecule has 2 unspecified atom stereocenters. The number of rotatable bonds is 7. The lowest BCUT2D eigenvalue weighted by molar-refractivity contribution is -0.130. The van der Waals surface area contributed by atoms with Crippen molar-refractivity contribution in [3.63, 3.8) is 0 Å². The van der Waals surface area contributed by atoms with Crippen molar-refractivity contribution in [2.24, 2.45) is 5.92 Å². The number of piperidine rings is 1. The molecule has 3 aromatic heterocycles. The van der Waals surface area contributed by atoms with Gasteiger partial charge in [0.25, 0.3) is 0 Å². The second-order valence-electron chi connectivity index (χ2n) is 9.09. The van der Waals surface area contributed by atoms with Crippen LogP contribution in [0.2, 0.25) is 0 Å². The summed E-state index contributed by atoms with van der Waals surface area (Å²) in [5, 5.41) is 6.20.